The van der Waals surface area contributed by atoms with Crippen LogP contribution in [-0.4, -0.2) is 95.4 Å². The van der Waals surface area contributed by atoms with E-state index in [2.05, 4.69) is 35.5 Å². The van der Waals surface area contributed by atoms with E-state index in [0.717, 1.165) is 38.5 Å². The van der Waals surface area contributed by atoms with Crippen LogP contribution in [-0.2, 0) is 28.9 Å². The first-order valence-electron chi connectivity index (χ1n) is 29.2. The van der Waals surface area contributed by atoms with Gasteiger partial charge in [-0.25, -0.2) is 4.18 Å². The van der Waals surface area contributed by atoms with E-state index in [0.29, 0.717) is 6.42 Å². The molecule has 1 amide bonds. The van der Waals surface area contributed by atoms with Gasteiger partial charge in [-0.2, -0.15) is 8.42 Å². The summed E-state index contributed by atoms with van der Waals surface area (Å²) in [6.45, 7) is 3.42. The molecule has 1 saturated heterocycles. The van der Waals surface area contributed by atoms with Gasteiger partial charge in [0, 0.05) is 6.42 Å². The molecule has 1 heterocycles. The molecule has 7 unspecified atom stereocenters. The number of hydrogen-bond donors (Lipinski definition) is 6. The number of unbranched alkanes of at least 4 members (excludes halogenated alkanes) is 37. The van der Waals surface area contributed by atoms with E-state index in [-0.39, 0.29) is 18.9 Å². The predicted octanol–water partition coefficient (Wildman–Crippen LogP) is 13.6. The molecule has 1 rings (SSSR count). The van der Waals surface area contributed by atoms with E-state index in [4.69, 9.17) is 9.47 Å². The molecular weight excluding hydrogens is 907 g/mol. The van der Waals surface area contributed by atoms with Crippen molar-refractivity contribution in [3.63, 3.8) is 0 Å². The molecule has 0 radical (unpaired) electrons. The zero-order chi connectivity index (χ0) is 51.2. The van der Waals surface area contributed by atoms with Crippen LogP contribution in [0.5, 0.6) is 0 Å². The lowest BCUT2D eigenvalue weighted by Crippen LogP contribution is -2.61. The van der Waals surface area contributed by atoms with Crippen LogP contribution in [0.4, 0.5) is 0 Å². The lowest BCUT2D eigenvalue weighted by atomic mass is 9.99. The molecule has 0 aliphatic carbocycles. The molecule has 0 spiro atoms. The van der Waals surface area contributed by atoms with Crippen LogP contribution >= 0.6 is 0 Å². The highest BCUT2D eigenvalue weighted by Crippen LogP contribution is 2.26. The maximum atomic E-state index is 13.1. The van der Waals surface area contributed by atoms with Gasteiger partial charge in [-0.15, -0.1) is 0 Å². The highest BCUT2D eigenvalue weighted by molar-refractivity contribution is 7.80. The third kappa shape index (κ3) is 39.1. The smallest absolute Gasteiger partial charge is 0.394 e. The van der Waals surface area contributed by atoms with Gasteiger partial charge in [0.15, 0.2) is 6.29 Å². The summed E-state index contributed by atoms with van der Waals surface area (Å²) in [6, 6.07) is -0.942. The number of rotatable bonds is 51. The van der Waals surface area contributed by atoms with Crippen molar-refractivity contribution in [2.75, 3.05) is 13.2 Å². The number of ether oxygens (including phenoxy) is 2. The summed E-state index contributed by atoms with van der Waals surface area (Å²) in [5.41, 5.74) is 0. The zero-order valence-corrected chi connectivity index (χ0v) is 45.7. The topological polar surface area (TPSA) is 192 Å². The fourth-order valence-electron chi connectivity index (χ4n) is 9.45. The SMILES string of the molecule is CCCCCCCCCCCCCC/C=C\CCCCCCCCCCCCCCC(=O)NC(COC1OC(CO)C(O)C(OS(=O)(=O)O)C1O)C(O)/C=C/CCCCCCCCCCCCCCC. The molecule has 1 fully saturated rings. The van der Waals surface area contributed by atoms with Gasteiger partial charge in [-0.1, -0.05) is 250 Å². The first-order chi connectivity index (χ1) is 34.0. The van der Waals surface area contributed by atoms with Crippen molar-refractivity contribution in [3.8, 4) is 0 Å². The summed E-state index contributed by atoms with van der Waals surface area (Å²) in [7, 11) is -5.09. The molecule has 0 bridgehead atoms. The van der Waals surface area contributed by atoms with Crippen molar-refractivity contribution in [1.82, 2.24) is 5.32 Å². The minimum Gasteiger partial charge on any atom is -0.394 e. The molecule has 1 aliphatic heterocycles. The maximum Gasteiger partial charge on any atom is 0.397 e. The second-order valence-corrected chi connectivity index (χ2v) is 21.6. The Bertz CT molecular complexity index is 1330. The van der Waals surface area contributed by atoms with E-state index in [1.807, 2.05) is 6.08 Å². The molecule has 13 heteroatoms. The Labute approximate surface area is 429 Å². The minimum absolute atomic E-state index is 0.260. The Morgan fingerprint density at radius 1 is 0.557 bits per heavy atom. The number of amides is 1. The molecule has 70 heavy (non-hydrogen) atoms. The van der Waals surface area contributed by atoms with Gasteiger partial charge < -0.3 is 35.2 Å². The largest absolute Gasteiger partial charge is 0.397 e. The fourth-order valence-corrected chi connectivity index (χ4v) is 9.96. The number of nitrogens with one attached hydrogen (secondary N) is 1. The molecule has 6 N–H and O–H groups in total. The second-order valence-electron chi connectivity index (χ2n) is 20.6. The normalized spacial score (nSPS) is 19.7. The Morgan fingerprint density at radius 3 is 1.29 bits per heavy atom. The van der Waals surface area contributed by atoms with Crippen LogP contribution in [0, 0.1) is 0 Å². The average Bonchev–Trinajstić information content (AvgIpc) is 3.33. The molecule has 0 aromatic rings. The van der Waals surface area contributed by atoms with Crippen LogP contribution in [0.1, 0.15) is 277 Å². The van der Waals surface area contributed by atoms with Crippen molar-refractivity contribution >= 4 is 16.3 Å². The standard InChI is InChI=1S/C57H109NO11S/c1-3-5-7-9-11-13-15-17-19-20-21-22-23-24-25-26-27-28-29-30-31-33-35-37-39-41-43-45-47-53(61)58-50(49-67-57-55(63)56(69-70(64,65)66)54(62)52(48-59)68-57)51(60)46-44-42-40-38-36-34-32-18-16-14-12-10-8-6-4-2/h24-25,44,46,50-52,54-57,59-60,62-63H,3-23,26-43,45,47-49H2,1-2H3,(H,58,61)(H,64,65,66)/b25-24-,46-44+. The second kappa shape index (κ2) is 47.3. The third-order valence-electron chi connectivity index (χ3n) is 14.0. The van der Waals surface area contributed by atoms with Gasteiger partial charge in [-0.3, -0.25) is 9.35 Å². The quantitative estimate of drug-likeness (QED) is 0.0193. The molecule has 1 aliphatic rings. The maximum absolute atomic E-state index is 13.1. The highest BCUT2D eigenvalue weighted by atomic mass is 32.3. The number of carbonyl (C=O) groups is 1. The van der Waals surface area contributed by atoms with Crippen LogP contribution in [0.3, 0.4) is 0 Å². The molecule has 0 aromatic heterocycles. The molecule has 0 aromatic carbocycles. The van der Waals surface area contributed by atoms with Crippen molar-refractivity contribution in [2.45, 2.75) is 320 Å². The lowest BCUT2D eigenvalue weighted by molar-refractivity contribution is -0.298. The zero-order valence-electron chi connectivity index (χ0n) is 44.9. The number of allylic oxidation sites excluding steroid dienone is 3. The van der Waals surface area contributed by atoms with Gasteiger partial charge in [-0.05, 0) is 44.9 Å². The number of aliphatic hydroxyl groups is 4. The Hall–Kier alpha value is -1.42. The Morgan fingerprint density at radius 2 is 0.914 bits per heavy atom. The van der Waals surface area contributed by atoms with Gasteiger partial charge in [0.25, 0.3) is 0 Å². The molecular formula is C57H109NO11S. The van der Waals surface area contributed by atoms with E-state index in [1.165, 1.54) is 212 Å². The van der Waals surface area contributed by atoms with Crippen LogP contribution < -0.4 is 5.32 Å². The Kier molecular flexibility index (Phi) is 45.0. The first kappa shape index (κ1) is 66.6. The molecule has 414 valence electrons. The molecule has 7 atom stereocenters. The fraction of sp³-hybridized carbons (Fsp3) is 0.912. The minimum atomic E-state index is -5.09. The summed E-state index contributed by atoms with van der Waals surface area (Å²) in [5, 5.41) is 44.9. The van der Waals surface area contributed by atoms with Gasteiger partial charge in [0.05, 0.1) is 25.4 Å². The van der Waals surface area contributed by atoms with Crippen LogP contribution in [0.15, 0.2) is 24.3 Å². The van der Waals surface area contributed by atoms with Gasteiger partial charge in [0.1, 0.15) is 24.4 Å². The van der Waals surface area contributed by atoms with Crippen molar-refractivity contribution in [2.24, 2.45) is 0 Å². The molecule has 0 saturated carbocycles. The first-order valence-corrected chi connectivity index (χ1v) is 30.6. The van der Waals surface area contributed by atoms with Crippen LogP contribution in [0.2, 0.25) is 0 Å². The van der Waals surface area contributed by atoms with E-state index in [1.54, 1.807) is 6.08 Å². The lowest BCUT2D eigenvalue weighted by Gasteiger charge is -2.41. The van der Waals surface area contributed by atoms with E-state index in [9.17, 15) is 38.2 Å². The summed E-state index contributed by atoms with van der Waals surface area (Å²) in [5.74, 6) is -0.260. The highest BCUT2D eigenvalue weighted by Gasteiger charge is 2.48. The van der Waals surface area contributed by atoms with Crippen molar-refractivity contribution in [3.05, 3.63) is 24.3 Å². The number of aliphatic hydroxyl groups excluding tert-OH is 4. The number of carbonyl (C=O) groups excluding carboxylic acids is 1. The Balaban J connectivity index is 2.31. The molecule has 12 nitrogen and oxygen atoms in total. The van der Waals surface area contributed by atoms with Gasteiger partial charge >= 0.3 is 10.4 Å². The van der Waals surface area contributed by atoms with E-state index >= 15 is 0 Å². The predicted molar refractivity (Wildman–Crippen MR) is 287 cm³/mol. The summed E-state index contributed by atoms with van der Waals surface area (Å²) in [6.07, 6.45) is 49.5. The monoisotopic (exact) mass is 1020 g/mol. The third-order valence-corrected chi connectivity index (χ3v) is 14.4. The average molecular weight is 1020 g/mol. The number of hydrogen-bond acceptors (Lipinski definition) is 10. The summed E-state index contributed by atoms with van der Waals surface area (Å²) in [4.78, 5) is 13.1. The summed E-state index contributed by atoms with van der Waals surface area (Å²) < 4.78 is 47.8. The van der Waals surface area contributed by atoms with Crippen molar-refractivity contribution < 1.29 is 51.8 Å². The van der Waals surface area contributed by atoms with Crippen LogP contribution in [0.25, 0.3) is 0 Å². The van der Waals surface area contributed by atoms with Crippen molar-refractivity contribution in [1.29, 1.82) is 0 Å². The van der Waals surface area contributed by atoms with Gasteiger partial charge in [0.2, 0.25) is 5.91 Å². The summed E-state index contributed by atoms with van der Waals surface area (Å²) >= 11 is 0. The van der Waals surface area contributed by atoms with E-state index < -0.39 is 59.9 Å².